The van der Waals surface area contributed by atoms with E-state index in [1.807, 2.05) is 13.8 Å². The fourth-order valence-electron chi connectivity index (χ4n) is 1.21. The number of likely N-dealkylation sites (N-methyl/N-ethyl adjacent to an activating group) is 1. The minimum absolute atomic E-state index is 0.141. The van der Waals surface area contributed by atoms with Crippen LogP contribution in [0, 0.1) is 5.92 Å². The topological polar surface area (TPSA) is 66.4 Å². The van der Waals surface area contributed by atoms with E-state index in [1.165, 1.54) is 0 Å². The molecule has 4 nitrogen and oxygen atoms in total. The molecule has 0 aliphatic rings. The van der Waals surface area contributed by atoms with Crippen LogP contribution in [0.3, 0.4) is 0 Å². The second kappa shape index (κ2) is 6.37. The SMILES string of the molecule is CCC(C)CS(=O)(=O)CC(O)CNC. The Morgan fingerprint density at radius 3 is 2.36 bits per heavy atom. The first-order valence-electron chi connectivity index (χ1n) is 4.94. The third kappa shape index (κ3) is 6.34. The van der Waals surface area contributed by atoms with E-state index in [9.17, 15) is 13.5 Å². The third-order valence-corrected chi connectivity index (χ3v) is 4.09. The van der Waals surface area contributed by atoms with Crippen molar-refractivity contribution in [2.24, 2.45) is 5.92 Å². The molecule has 0 saturated carbocycles. The molecule has 2 atom stereocenters. The van der Waals surface area contributed by atoms with E-state index >= 15 is 0 Å². The van der Waals surface area contributed by atoms with Gasteiger partial charge in [0.25, 0.3) is 0 Å². The zero-order chi connectivity index (χ0) is 11.2. The van der Waals surface area contributed by atoms with E-state index in [0.29, 0.717) is 6.54 Å². The Morgan fingerprint density at radius 1 is 1.36 bits per heavy atom. The van der Waals surface area contributed by atoms with Gasteiger partial charge in [0.2, 0.25) is 0 Å². The summed E-state index contributed by atoms with van der Waals surface area (Å²) in [5, 5.41) is 12.1. The van der Waals surface area contributed by atoms with Crippen molar-refractivity contribution in [1.29, 1.82) is 0 Å². The zero-order valence-corrected chi connectivity index (χ0v) is 9.97. The van der Waals surface area contributed by atoms with Crippen molar-refractivity contribution >= 4 is 9.84 Å². The minimum Gasteiger partial charge on any atom is -0.391 e. The summed E-state index contributed by atoms with van der Waals surface area (Å²) in [5.41, 5.74) is 0. The van der Waals surface area contributed by atoms with Crippen molar-refractivity contribution in [2.45, 2.75) is 26.4 Å². The first-order valence-corrected chi connectivity index (χ1v) is 6.76. The number of aliphatic hydroxyl groups is 1. The van der Waals surface area contributed by atoms with E-state index in [2.05, 4.69) is 5.32 Å². The van der Waals surface area contributed by atoms with Crippen LogP contribution in [-0.4, -0.2) is 44.7 Å². The van der Waals surface area contributed by atoms with Gasteiger partial charge in [0.1, 0.15) is 0 Å². The van der Waals surface area contributed by atoms with Crippen molar-refractivity contribution in [3.05, 3.63) is 0 Å². The van der Waals surface area contributed by atoms with Crippen LogP contribution in [0.15, 0.2) is 0 Å². The van der Waals surface area contributed by atoms with Gasteiger partial charge in [-0.15, -0.1) is 0 Å². The summed E-state index contributed by atoms with van der Waals surface area (Å²) in [6.45, 7) is 4.19. The van der Waals surface area contributed by atoms with Crippen LogP contribution >= 0.6 is 0 Å². The van der Waals surface area contributed by atoms with Crippen LogP contribution in [0.2, 0.25) is 0 Å². The lowest BCUT2D eigenvalue weighted by Gasteiger charge is -2.13. The van der Waals surface area contributed by atoms with Crippen LogP contribution in [0.1, 0.15) is 20.3 Å². The van der Waals surface area contributed by atoms with Gasteiger partial charge >= 0.3 is 0 Å². The Kier molecular flexibility index (Phi) is 6.31. The van der Waals surface area contributed by atoms with Gasteiger partial charge in [0.05, 0.1) is 17.6 Å². The molecule has 2 unspecified atom stereocenters. The molecule has 0 radical (unpaired) electrons. The summed E-state index contributed by atoms with van der Waals surface area (Å²) >= 11 is 0. The predicted molar refractivity (Wildman–Crippen MR) is 58.0 cm³/mol. The van der Waals surface area contributed by atoms with Gasteiger partial charge in [-0.2, -0.15) is 0 Å². The maximum Gasteiger partial charge on any atom is 0.153 e. The van der Waals surface area contributed by atoms with Gasteiger partial charge in [-0.3, -0.25) is 0 Å². The number of aliphatic hydroxyl groups excluding tert-OH is 1. The second-order valence-corrected chi connectivity index (χ2v) is 5.96. The maximum absolute atomic E-state index is 11.5. The quantitative estimate of drug-likeness (QED) is 0.639. The molecule has 0 fully saturated rings. The molecule has 86 valence electrons. The Bertz CT molecular complexity index is 238. The Hall–Kier alpha value is -0.130. The van der Waals surface area contributed by atoms with Crippen molar-refractivity contribution in [1.82, 2.24) is 5.32 Å². The minimum atomic E-state index is -3.10. The predicted octanol–water partition coefficient (Wildman–Crippen LogP) is 0.0276. The molecule has 0 saturated heterocycles. The fourth-order valence-corrected chi connectivity index (χ4v) is 3.15. The molecule has 5 heteroatoms. The van der Waals surface area contributed by atoms with Gasteiger partial charge in [0.15, 0.2) is 9.84 Å². The Labute approximate surface area is 86.6 Å². The van der Waals surface area contributed by atoms with Crippen molar-refractivity contribution in [3.8, 4) is 0 Å². The summed E-state index contributed by atoms with van der Waals surface area (Å²) in [5.74, 6) is 0.199. The molecule has 0 aromatic rings. The lowest BCUT2D eigenvalue weighted by Crippen LogP contribution is -2.32. The van der Waals surface area contributed by atoms with E-state index in [-0.39, 0.29) is 17.4 Å². The summed E-state index contributed by atoms with van der Waals surface area (Å²) in [6, 6.07) is 0. The molecule has 0 rings (SSSR count). The average molecular weight is 223 g/mol. The summed E-state index contributed by atoms with van der Waals surface area (Å²) < 4.78 is 23.0. The lowest BCUT2D eigenvalue weighted by molar-refractivity contribution is 0.196. The largest absolute Gasteiger partial charge is 0.391 e. The van der Waals surface area contributed by atoms with E-state index in [4.69, 9.17) is 0 Å². The fraction of sp³-hybridized carbons (Fsp3) is 1.00. The number of nitrogens with one attached hydrogen (secondary N) is 1. The van der Waals surface area contributed by atoms with Gasteiger partial charge in [0, 0.05) is 6.54 Å². The monoisotopic (exact) mass is 223 g/mol. The number of hydrogen-bond acceptors (Lipinski definition) is 4. The molecule has 0 aromatic heterocycles. The molecular weight excluding hydrogens is 202 g/mol. The van der Waals surface area contributed by atoms with E-state index < -0.39 is 15.9 Å². The van der Waals surface area contributed by atoms with E-state index in [1.54, 1.807) is 7.05 Å². The molecular formula is C9H21NO3S. The van der Waals surface area contributed by atoms with Gasteiger partial charge in [-0.05, 0) is 13.0 Å². The smallest absolute Gasteiger partial charge is 0.153 e. The second-order valence-electron chi connectivity index (χ2n) is 3.80. The molecule has 0 spiro atoms. The highest BCUT2D eigenvalue weighted by Crippen LogP contribution is 2.06. The average Bonchev–Trinajstić information content (AvgIpc) is 2.02. The van der Waals surface area contributed by atoms with Crippen molar-refractivity contribution in [2.75, 3.05) is 25.1 Å². The molecule has 0 bridgehead atoms. The first kappa shape index (κ1) is 13.9. The molecule has 0 heterocycles. The van der Waals surface area contributed by atoms with Crippen LogP contribution in [0.5, 0.6) is 0 Å². The number of hydrogen-bond donors (Lipinski definition) is 2. The van der Waals surface area contributed by atoms with Crippen LogP contribution in [0.4, 0.5) is 0 Å². The van der Waals surface area contributed by atoms with Gasteiger partial charge < -0.3 is 10.4 Å². The highest BCUT2D eigenvalue weighted by atomic mass is 32.2. The molecule has 0 aliphatic carbocycles. The summed E-state index contributed by atoms with van der Waals surface area (Å²) in [7, 11) is -1.42. The van der Waals surface area contributed by atoms with Crippen LogP contribution in [0.25, 0.3) is 0 Å². The molecule has 0 aromatic carbocycles. The highest BCUT2D eigenvalue weighted by molar-refractivity contribution is 7.91. The summed E-state index contributed by atoms with van der Waals surface area (Å²) in [4.78, 5) is 0. The molecule has 0 aliphatic heterocycles. The highest BCUT2D eigenvalue weighted by Gasteiger charge is 2.18. The summed E-state index contributed by atoms with van der Waals surface area (Å²) in [6.07, 6.45) is 0.0514. The number of sulfone groups is 1. The normalized spacial score (nSPS) is 16.6. The standard InChI is InChI=1S/C9H21NO3S/c1-4-8(2)6-14(12,13)7-9(11)5-10-3/h8-11H,4-7H2,1-3H3. The third-order valence-electron chi connectivity index (χ3n) is 2.12. The van der Waals surface area contributed by atoms with Crippen LogP contribution in [-0.2, 0) is 9.84 Å². The Morgan fingerprint density at radius 2 is 1.93 bits per heavy atom. The van der Waals surface area contributed by atoms with Crippen LogP contribution < -0.4 is 5.32 Å². The number of rotatable bonds is 7. The molecule has 2 N–H and O–H groups in total. The van der Waals surface area contributed by atoms with Gasteiger partial charge in [-0.25, -0.2) is 8.42 Å². The van der Waals surface area contributed by atoms with Crippen molar-refractivity contribution in [3.63, 3.8) is 0 Å². The van der Waals surface area contributed by atoms with Crippen molar-refractivity contribution < 1.29 is 13.5 Å². The van der Waals surface area contributed by atoms with E-state index in [0.717, 1.165) is 6.42 Å². The molecule has 0 amide bonds. The zero-order valence-electron chi connectivity index (χ0n) is 9.16. The maximum atomic E-state index is 11.5. The lowest BCUT2D eigenvalue weighted by atomic mass is 10.2. The van der Waals surface area contributed by atoms with Gasteiger partial charge in [-0.1, -0.05) is 20.3 Å². The Balaban J connectivity index is 4.07. The molecule has 14 heavy (non-hydrogen) atoms. The first-order chi connectivity index (χ1) is 6.41.